The number of carboxylic acids is 2. The Hall–Kier alpha value is -4.45. The number of carboxylic acid groups (broad SMARTS) is 2. The highest BCUT2D eigenvalue weighted by Gasteiger charge is 2.61. The summed E-state index contributed by atoms with van der Waals surface area (Å²) in [6.07, 6.45) is -0.989. The lowest BCUT2D eigenvalue weighted by Crippen LogP contribution is -2.51. The fourth-order valence-corrected chi connectivity index (χ4v) is 6.82. The van der Waals surface area contributed by atoms with E-state index in [1.165, 1.54) is 7.11 Å². The molecule has 1 fully saturated rings. The lowest BCUT2D eigenvalue weighted by molar-refractivity contribution is -0.285. The fraction of sp³-hybridized carbons (Fsp3) is 0.276. The number of methoxy groups -OCH3 is 1. The predicted octanol–water partition coefficient (Wildman–Crippen LogP) is 3.63. The fourth-order valence-electron chi connectivity index (χ4n) is 6.82. The first-order chi connectivity index (χ1) is 19.1. The van der Waals surface area contributed by atoms with Gasteiger partial charge >= 0.3 is 11.9 Å². The molecule has 5 aromatic rings. The number of hydrogen-bond donors (Lipinski definition) is 4. The SMILES string of the molecule is CO[C@@]1(O)C[C@H]2O[C@]1(C)n1c3ccccc3c3c4c(c5c6ccccc6n2c5c31)C(=O)NC4.O=C(O)CC(=O)O. The number of rotatable bonds is 3. The number of nitrogens with one attached hydrogen (secondary N) is 1. The van der Waals surface area contributed by atoms with Crippen molar-refractivity contribution < 1.29 is 39.2 Å². The maximum absolute atomic E-state index is 13.2. The Morgan fingerprint density at radius 1 is 1.02 bits per heavy atom. The first-order valence-corrected chi connectivity index (χ1v) is 12.8. The summed E-state index contributed by atoms with van der Waals surface area (Å²) in [5.41, 5.74) is 4.46. The monoisotopic (exact) mass is 543 g/mol. The molecule has 11 heteroatoms. The molecule has 204 valence electrons. The van der Waals surface area contributed by atoms with Crippen molar-refractivity contribution in [3.05, 3.63) is 59.7 Å². The van der Waals surface area contributed by atoms with Crippen molar-refractivity contribution in [3.63, 3.8) is 0 Å². The quantitative estimate of drug-likeness (QED) is 0.199. The van der Waals surface area contributed by atoms with E-state index in [0.29, 0.717) is 6.54 Å². The van der Waals surface area contributed by atoms with Gasteiger partial charge in [0.05, 0.1) is 34.1 Å². The van der Waals surface area contributed by atoms with E-state index in [4.69, 9.17) is 19.7 Å². The normalized spacial score (nSPS) is 24.4. The van der Waals surface area contributed by atoms with Crippen LogP contribution in [-0.2, 0) is 31.3 Å². The second-order valence-corrected chi connectivity index (χ2v) is 10.4. The van der Waals surface area contributed by atoms with E-state index in [9.17, 15) is 19.5 Å². The average molecular weight is 544 g/mol. The molecular formula is C29H25N3O8. The zero-order valence-corrected chi connectivity index (χ0v) is 21.6. The van der Waals surface area contributed by atoms with E-state index >= 15 is 0 Å². The minimum atomic E-state index is -1.53. The van der Waals surface area contributed by atoms with Crippen molar-refractivity contribution >= 4 is 61.5 Å². The summed E-state index contributed by atoms with van der Waals surface area (Å²) in [5, 5.41) is 34.3. The summed E-state index contributed by atoms with van der Waals surface area (Å²) in [5.74, 6) is -4.20. The first kappa shape index (κ1) is 24.6. The number of nitrogens with zero attached hydrogens (tertiary/aromatic N) is 2. The molecule has 3 aliphatic heterocycles. The van der Waals surface area contributed by atoms with Gasteiger partial charge in [-0.2, -0.15) is 0 Å². The summed E-state index contributed by atoms with van der Waals surface area (Å²) < 4.78 is 16.7. The number of benzene rings is 3. The zero-order chi connectivity index (χ0) is 28.1. The number of carbonyl (C=O) groups excluding carboxylic acids is 1. The van der Waals surface area contributed by atoms with Crippen LogP contribution in [-0.4, -0.2) is 55.2 Å². The second-order valence-electron chi connectivity index (χ2n) is 10.4. The Labute approximate surface area is 226 Å². The highest BCUT2D eigenvalue weighted by atomic mass is 16.7. The van der Waals surface area contributed by atoms with Gasteiger partial charge < -0.3 is 39.2 Å². The average Bonchev–Trinajstić information content (AvgIpc) is 3.60. The standard InChI is InChI=1S/C26H21N3O4.C3H4O4/c1-25-26(31,32-2)11-18(33-25)28-16-9-5-3-7-13(16)20-21-15(12-27-24(21)30)19-14-8-4-6-10-17(14)29(25)23(19)22(20)28;4-2(5)1-3(6)7/h3-10,18,31H,11-12H2,1-2H3,(H,27,30);1H2,(H,4,5)(H,6,7)/t18-,25+,26+;/m1./s1. The highest BCUT2D eigenvalue weighted by molar-refractivity contribution is 6.31. The molecule has 3 atom stereocenters. The van der Waals surface area contributed by atoms with Gasteiger partial charge in [0.15, 0.2) is 5.72 Å². The third-order valence-electron chi connectivity index (χ3n) is 8.41. The molecule has 0 radical (unpaired) electrons. The highest BCUT2D eigenvalue weighted by Crippen LogP contribution is 2.57. The number of aliphatic carboxylic acids is 2. The maximum atomic E-state index is 13.2. The van der Waals surface area contributed by atoms with E-state index in [-0.39, 0.29) is 12.3 Å². The van der Waals surface area contributed by atoms with Crippen LogP contribution in [0.4, 0.5) is 0 Å². The van der Waals surface area contributed by atoms with Crippen molar-refractivity contribution in [1.82, 2.24) is 14.5 Å². The number of carbonyl (C=O) groups is 3. The number of aromatic nitrogens is 2. The molecule has 1 saturated heterocycles. The smallest absolute Gasteiger partial charge is 0.314 e. The van der Waals surface area contributed by atoms with E-state index < -0.39 is 36.1 Å². The molecule has 1 amide bonds. The van der Waals surface area contributed by atoms with Crippen LogP contribution in [0.1, 0.15) is 41.9 Å². The van der Waals surface area contributed by atoms with Gasteiger partial charge in [-0.15, -0.1) is 0 Å². The van der Waals surface area contributed by atoms with Gasteiger partial charge in [-0.3, -0.25) is 14.4 Å². The topological polar surface area (TPSA) is 152 Å². The molecule has 3 aliphatic rings. The van der Waals surface area contributed by atoms with Crippen molar-refractivity contribution in [2.24, 2.45) is 0 Å². The van der Waals surface area contributed by atoms with Gasteiger partial charge in [0.2, 0.25) is 5.79 Å². The molecule has 40 heavy (non-hydrogen) atoms. The molecule has 0 unspecified atom stereocenters. The molecule has 0 spiro atoms. The Balaban J connectivity index is 0.000000339. The number of fused-ring (bicyclic) bond motifs is 13. The number of amides is 1. The Morgan fingerprint density at radius 3 is 2.27 bits per heavy atom. The van der Waals surface area contributed by atoms with Crippen LogP contribution in [0.5, 0.6) is 0 Å². The zero-order valence-electron chi connectivity index (χ0n) is 21.6. The van der Waals surface area contributed by atoms with Crippen LogP contribution in [0.15, 0.2) is 48.5 Å². The number of aliphatic hydroxyl groups is 1. The third kappa shape index (κ3) is 2.91. The summed E-state index contributed by atoms with van der Waals surface area (Å²) in [6.45, 7) is 2.38. The third-order valence-corrected chi connectivity index (χ3v) is 8.41. The van der Waals surface area contributed by atoms with Gasteiger partial charge in [-0.1, -0.05) is 36.4 Å². The van der Waals surface area contributed by atoms with Crippen molar-refractivity contribution in [2.75, 3.05) is 7.11 Å². The van der Waals surface area contributed by atoms with Gasteiger partial charge in [-0.05, 0) is 24.6 Å². The van der Waals surface area contributed by atoms with Crippen molar-refractivity contribution in [1.29, 1.82) is 0 Å². The summed E-state index contributed by atoms with van der Waals surface area (Å²) in [4.78, 5) is 32.0. The van der Waals surface area contributed by atoms with E-state index in [2.05, 4.69) is 32.7 Å². The molecule has 0 saturated carbocycles. The summed E-state index contributed by atoms with van der Waals surface area (Å²) in [7, 11) is 1.53. The molecular weight excluding hydrogens is 518 g/mol. The number of hydrogen-bond acceptors (Lipinski definition) is 6. The minimum Gasteiger partial charge on any atom is -0.481 e. The van der Waals surface area contributed by atoms with Crippen LogP contribution in [0, 0.1) is 0 Å². The Morgan fingerprint density at radius 2 is 1.65 bits per heavy atom. The van der Waals surface area contributed by atoms with E-state index in [1.807, 2.05) is 37.3 Å². The van der Waals surface area contributed by atoms with Gasteiger partial charge in [0.25, 0.3) is 5.91 Å². The van der Waals surface area contributed by atoms with Crippen LogP contribution in [0.2, 0.25) is 0 Å². The molecule has 8 rings (SSSR count). The molecule has 11 nitrogen and oxygen atoms in total. The molecule has 3 aromatic carbocycles. The Bertz CT molecular complexity index is 1940. The lowest BCUT2D eigenvalue weighted by Gasteiger charge is -2.38. The lowest BCUT2D eigenvalue weighted by atomic mass is 9.96. The second kappa shape index (κ2) is 8.04. The predicted molar refractivity (Wildman–Crippen MR) is 144 cm³/mol. The van der Waals surface area contributed by atoms with Crippen LogP contribution in [0.25, 0.3) is 43.6 Å². The molecule has 0 aliphatic carbocycles. The minimum absolute atomic E-state index is 0.0402. The van der Waals surface area contributed by atoms with Gasteiger partial charge in [0, 0.05) is 35.2 Å². The van der Waals surface area contributed by atoms with Crippen LogP contribution in [0.3, 0.4) is 0 Å². The van der Waals surface area contributed by atoms with Crippen molar-refractivity contribution in [3.8, 4) is 0 Å². The summed E-state index contributed by atoms with van der Waals surface area (Å²) >= 11 is 0. The summed E-state index contributed by atoms with van der Waals surface area (Å²) in [6, 6.07) is 16.3. The first-order valence-electron chi connectivity index (χ1n) is 12.8. The maximum Gasteiger partial charge on any atom is 0.314 e. The Kier molecular flexibility index (Phi) is 4.94. The number of para-hydroxylation sites is 2. The van der Waals surface area contributed by atoms with Gasteiger partial charge in [-0.25, -0.2) is 0 Å². The largest absolute Gasteiger partial charge is 0.481 e. The van der Waals surface area contributed by atoms with Gasteiger partial charge in [0.1, 0.15) is 12.6 Å². The van der Waals surface area contributed by atoms with Crippen LogP contribution >= 0.6 is 0 Å². The van der Waals surface area contributed by atoms with Crippen LogP contribution < -0.4 is 5.32 Å². The molecule has 2 bridgehead atoms. The van der Waals surface area contributed by atoms with E-state index in [1.54, 1.807) is 0 Å². The van der Waals surface area contributed by atoms with E-state index in [0.717, 1.165) is 54.7 Å². The number of ether oxygens (including phenoxy) is 2. The molecule has 2 aromatic heterocycles. The molecule has 4 N–H and O–H groups in total. The van der Waals surface area contributed by atoms with Crippen molar-refractivity contribution in [2.45, 2.75) is 44.1 Å². The molecule has 5 heterocycles.